The molecule has 2 aliphatic heterocycles. The third-order valence-electron chi connectivity index (χ3n) is 4.28. The third kappa shape index (κ3) is 7.19. The zero-order valence-corrected chi connectivity index (χ0v) is 17.4. The first-order chi connectivity index (χ1) is 13.0. The molecule has 0 aromatic carbocycles. The summed E-state index contributed by atoms with van der Waals surface area (Å²) >= 11 is 0. The molecule has 0 saturated carbocycles. The van der Waals surface area contributed by atoms with Gasteiger partial charge in [0.2, 0.25) is 5.96 Å². The fourth-order valence-electron chi connectivity index (χ4n) is 2.67. The summed E-state index contributed by atoms with van der Waals surface area (Å²) in [6, 6.07) is 0. The van der Waals surface area contributed by atoms with E-state index in [9.17, 15) is 4.79 Å². The average molecular weight is 388 g/mol. The largest absolute Gasteiger partial charge is 0.369 e. The molecule has 2 aliphatic rings. The lowest BCUT2D eigenvalue weighted by molar-refractivity contribution is -0.117. The molecule has 0 aliphatic carbocycles. The number of aliphatic imine (C=N–C) groups is 2. The fourth-order valence-corrected chi connectivity index (χ4v) is 3.41. The van der Waals surface area contributed by atoms with Gasteiger partial charge in [-0.2, -0.15) is 0 Å². The number of carbonyl (C=O) groups excluding carboxylic acids is 1. The van der Waals surface area contributed by atoms with Crippen molar-refractivity contribution >= 4 is 32.0 Å². The molecule has 0 radical (unpaired) electrons. The van der Waals surface area contributed by atoms with Gasteiger partial charge in [-0.05, 0) is 31.9 Å². The molecular weight excluding hydrogens is 359 g/mol. The van der Waals surface area contributed by atoms with Crippen molar-refractivity contribution in [2.45, 2.75) is 26.7 Å². The van der Waals surface area contributed by atoms with E-state index in [1.54, 1.807) is 0 Å². The van der Waals surface area contributed by atoms with E-state index < -0.39 is 0 Å². The minimum atomic E-state index is 0.156. The number of piperazine rings is 1. The molecule has 7 nitrogen and oxygen atoms in total. The lowest BCUT2D eigenvalue weighted by Crippen LogP contribution is -2.43. The van der Waals surface area contributed by atoms with Gasteiger partial charge in [0.1, 0.15) is 11.6 Å². The van der Waals surface area contributed by atoms with Gasteiger partial charge in [-0.25, -0.2) is 14.7 Å². The molecule has 0 aromatic heterocycles. The van der Waals surface area contributed by atoms with Crippen LogP contribution in [0.15, 0.2) is 51.2 Å². The van der Waals surface area contributed by atoms with E-state index in [0.717, 1.165) is 26.2 Å². The van der Waals surface area contributed by atoms with Crippen molar-refractivity contribution in [2.75, 3.05) is 33.2 Å². The monoisotopic (exact) mass is 388 g/mol. The summed E-state index contributed by atoms with van der Waals surface area (Å²) in [6.07, 6.45) is 6.29. The number of ketones is 1. The SMILES string of the molecule is C=CN=C(N=C(C)CC(=O)CC)NC1=NPC=C(N2CCN(C)CC2)C=C1. The Labute approximate surface area is 163 Å². The summed E-state index contributed by atoms with van der Waals surface area (Å²) in [4.78, 5) is 24.9. The van der Waals surface area contributed by atoms with Crippen molar-refractivity contribution in [1.82, 2.24) is 15.1 Å². The third-order valence-corrected chi connectivity index (χ3v) is 5.07. The van der Waals surface area contributed by atoms with Crippen molar-refractivity contribution < 1.29 is 4.79 Å². The van der Waals surface area contributed by atoms with E-state index in [1.807, 2.05) is 19.9 Å². The highest BCUT2D eigenvalue weighted by atomic mass is 31.1. The maximum atomic E-state index is 11.6. The summed E-state index contributed by atoms with van der Waals surface area (Å²) in [7, 11) is 2.48. The van der Waals surface area contributed by atoms with Crippen LogP contribution in [0.25, 0.3) is 0 Å². The van der Waals surface area contributed by atoms with E-state index >= 15 is 0 Å². The van der Waals surface area contributed by atoms with Crippen molar-refractivity contribution in [3.05, 3.63) is 36.4 Å². The minimum absolute atomic E-state index is 0.156. The standard InChI is InChI=1S/C19H29N6OP/c1-5-17(26)13-15(3)21-19(20-6-2)22-18-8-7-16(14-27-23-18)25-11-9-24(4)10-12-25/h6-8,14,27H,2,5,9-13H2,1,3-4H3,(H,20,22,23). The van der Waals surface area contributed by atoms with E-state index in [2.05, 4.69) is 55.4 Å². The highest BCUT2D eigenvalue weighted by Crippen LogP contribution is 2.23. The van der Waals surface area contributed by atoms with Crippen LogP contribution < -0.4 is 5.32 Å². The first-order valence-electron chi connectivity index (χ1n) is 9.18. The second kappa shape index (κ2) is 10.9. The Balaban J connectivity index is 2.01. The van der Waals surface area contributed by atoms with Gasteiger partial charge in [-0.3, -0.25) is 4.79 Å². The maximum absolute atomic E-state index is 11.6. The lowest BCUT2D eigenvalue weighted by Gasteiger charge is -2.34. The molecular formula is C19H29N6OP. The average Bonchev–Trinajstić information content (AvgIpc) is 2.88. The molecule has 1 saturated heterocycles. The Kier molecular flexibility index (Phi) is 8.55. The number of guanidine groups is 1. The van der Waals surface area contributed by atoms with Gasteiger partial charge in [0.25, 0.3) is 0 Å². The number of hydrogen-bond donors (Lipinski definition) is 1. The molecule has 0 spiro atoms. The van der Waals surface area contributed by atoms with E-state index in [-0.39, 0.29) is 5.78 Å². The van der Waals surface area contributed by atoms with Crippen molar-refractivity contribution in [3.8, 4) is 0 Å². The minimum Gasteiger partial charge on any atom is -0.369 e. The van der Waals surface area contributed by atoms with Crippen molar-refractivity contribution in [2.24, 2.45) is 14.7 Å². The molecule has 8 heteroatoms. The van der Waals surface area contributed by atoms with Crippen LogP contribution in [0.1, 0.15) is 26.7 Å². The van der Waals surface area contributed by atoms with Crippen LogP contribution in [-0.4, -0.2) is 66.3 Å². The number of carbonyl (C=O) groups is 1. The molecule has 2 heterocycles. The number of rotatable bonds is 5. The predicted octanol–water partition coefficient (Wildman–Crippen LogP) is 2.56. The molecule has 2 rings (SSSR count). The Bertz CT molecular complexity index is 699. The van der Waals surface area contributed by atoms with Gasteiger partial charge in [-0.15, -0.1) is 0 Å². The van der Waals surface area contributed by atoms with E-state index in [4.69, 9.17) is 0 Å². The van der Waals surface area contributed by atoms with Gasteiger partial charge in [0, 0.05) is 65.4 Å². The molecule has 27 heavy (non-hydrogen) atoms. The Morgan fingerprint density at radius 1 is 1.37 bits per heavy atom. The second-order valence-electron chi connectivity index (χ2n) is 6.50. The topological polar surface area (TPSA) is 72.7 Å². The predicted molar refractivity (Wildman–Crippen MR) is 116 cm³/mol. The summed E-state index contributed by atoms with van der Waals surface area (Å²) in [5, 5.41) is 3.14. The van der Waals surface area contributed by atoms with Crippen LogP contribution in [0.5, 0.6) is 0 Å². The first kappa shape index (κ1) is 21.2. The molecule has 0 bridgehead atoms. The molecule has 0 aromatic rings. The molecule has 146 valence electrons. The smallest absolute Gasteiger partial charge is 0.228 e. The summed E-state index contributed by atoms with van der Waals surface area (Å²) in [5.41, 5.74) is 1.92. The van der Waals surface area contributed by atoms with Gasteiger partial charge < -0.3 is 15.1 Å². The van der Waals surface area contributed by atoms with Crippen molar-refractivity contribution in [3.63, 3.8) is 0 Å². The number of hydrogen-bond acceptors (Lipinski definition) is 5. The first-order valence-corrected chi connectivity index (χ1v) is 10.2. The van der Waals surface area contributed by atoms with Gasteiger partial charge in [0.05, 0.1) is 0 Å². The highest BCUT2D eigenvalue weighted by molar-refractivity contribution is 7.40. The van der Waals surface area contributed by atoms with E-state index in [0.29, 0.717) is 39.1 Å². The second-order valence-corrected chi connectivity index (χ2v) is 7.27. The van der Waals surface area contributed by atoms with Crippen LogP contribution in [0.4, 0.5) is 0 Å². The highest BCUT2D eigenvalue weighted by Gasteiger charge is 2.15. The number of likely N-dealkylation sites (N-methyl/N-ethyl adjacent to an activating group) is 1. The number of nitrogens with one attached hydrogen (secondary N) is 1. The maximum Gasteiger partial charge on any atom is 0.228 e. The van der Waals surface area contributed by atoms with Crippen LogP contribution in [0.3, 0.4) is 0 Å². The Morgan fingerprint density at radius 3 is 2.78 bits per heavy atom. The summed E-state index contributed by atoms with van der Waals surface area (Å²) < 4.78 is 4.57. The summed E-state index contributed by atoms with van der Waals surface area (Å²) in [5.74, 6) is 3.41. The quantitative estimate of drug-likeness (QED) is 0.446. The van der Waals surface area contributed by atoms with Gasteiger partial charge in [-0.1, -0.05) is 13.5 Å². The molecule has 1 N–H and O–H groups in total. The fraction of sp³-hybridized carbons (Fsp3) is 0.474. The zero-order chi connectivity index (χ0) is 19.6. The molecule has 0 amide bonds. The normalized spacial score (nSPS) is 20.2. The van der Waals surface area contributed by atoms with Crippen molar-refractivity contribution in [1.29, 1.82) is 0 Å². The number of allylic oxidation sites excluding steroid dienone is 1. The number of nitrogens with zero attached hydrogens (tertiary/aromatic N) is 5. The molecule has 1 atom stereocenters. The van der Waals surface area contributed by atoms with Gasteiger partial charge >= 0.3 is 0 Å². The Morgan fingerprint density at radius 2 is 2.11 bits per heavy atom. The zero-order valence-electron chi connectivity index (χ0n) is 16.4. The van der Waals surface area contributed by atoms with Crippen LogP contribution >= 0.6 is 8.73 Å². The van der Waals surface area contributed by atoms with Crippen LogP contribution in [-0.2, 0) is 4.79 Å². The number of amidine groups is 1. The van der Waals surface area contributed by atoms with Crippen LogP contribution in [0, 0.1) is 0 Å². The Hall–Kier alpha value is -2.11. The molecule has 1 unspecified atom stereocenters. The van der Waals surface area contributed by atoms with Gasteiger partial charge in [0.15, 0.2) is 0 Å². The van der Waals surface area contributed by atoms with Crippen LogP contribution in [0.2, 0.25) is 0 Å². The van der Waals surface area contributed by atoms with E-state index in [1.165, 1.54) is 11.9 Å². The summed E-state index contributed by atoms with van der Waals surface area (Å²) in [6.45, 7) is 11.5. The number of Topliss-reactive ketones (excluding diaryl/α,β-unsaturated/α-hetero) is 1. The lowest BCUT2D eigenvalue weighted by atomic mass is 10.2. The molecule has 1 fully saturated rings.